The molecular formula is C11H20N2O2. The highest BCUT2D eigenvalue weighted by atomic mass is 16.2. The van der Waals surface area contributed by atoms with Gasteiger partial charge in [-0.2, -0.15) is 0 Å². The van der Waals surface area contributed by atoms with Crippen molar-refractivity contribution in [2.24, 2.45) is 5.92 Å². The van der Waals surface area contributed by atoms with Crippen LogP contribution in [0.25, 0.3) is 0 Å². The molecule has 4 nitrogen and oxygen atoms in total. The lowest BCUT2D eigenvalue weighted by molar-refractivity contribution is -0.146. The van der Waals surface area contributed by atoms with Gasteiger partial charge < -0.3 is 9.80 Å². The lowest BCUT2D eigenvalue weighted by atomic mass is 10.0. The van der Waals surface area contributed by atoms with Crippen LogP contribution in [0.2, 0.25) is 0 Å². The molecule has 0 saturated carbocycles. The second-order valence-electron chi connectivity index (χ2n) is 4.09. The molecule has 4 heteroatoms. The van der Waals surface area contributed by atoms with Gasteiger partial charge in [-0.1, -0.05) is 13.8 Å². The molecule has 2 amide bonds. The highest BCUT2D eigenvalue weighted by Crippen LogP contribution is 2.13. The van der Waals surface area contributed by atoms with Crippen molar-refractivity contribution in [2.75, 3.05) is 26.7 Å². The summed E-state index contributed by atoms with van der Waals surface area (Å²) in [6.45, 7) is 5.63. The van der Waals surface area contributed by atoms with E-state index in [4.69, 9.17) is 0 Å². The largest absolute Gasteiger partial charge is 0.342 e. The normalized spacial score (nSPS) is 17.5. The van der Waals surface area contributed by atoms with Gasteiger partial charge in [0.1, 0.15) is 0 Å². The van der Waals surface area contributed by atoms with E-state index < -0.39 is 0 Å². The van der Waals surface area contributed by atoms with Gasteiger partial charge in [-0.25, -0.2) is 0 Å². The Hall–Kier alpha value is -1.06. The number of rotatable bonds is 3. The van der Waals surface area contributed by atoms with E-state index in [9.17, 15) is 9.59 Å². The van der Waals surface area contributed by atoms with Gasteiger partial charge in [-0.05, 0) is 12.8 Å². The summed E-state index contributed by atoms with van der Waals surface area (Å²) in [5.74, 6) is 0.267. The fourth-order valence-corrected chi connectivity index (χ4v) is 1.84. The Morgan fingerprint density at radius 3 is 2.40 bits per heavy atom. The van der Waals surface area contributed by atoms with Crippen LogP contribution in [0, 0.1) is 5.92 Å². The van der Waals surface area contributed by atoms with Crippen LogP contribution in [0.5, 0.6) is 0 Å². The van der Waals surface area contributed by atoms with Crippen molar-refractivity contribution in [3.63, 3.8) is 0 Å². The van der Waals surface area contributed by atoms with E-state index >= 15 is 0 Å². The molecule has 0 N–H and O–H groups in total. The van der Waals surface area contributed by atoms with Gasteiger partial charge in [0.2, 0.25) is 11.8 Å². The maximum absolute atomic E-state index is 12.0. The lowest BCUT2D eigenvalue weighted by Gasteiger charge is -2.33. The van der Waals surface area contributed by atoms with Gasteiger partial charge in [0.05, 0.1) is 6.54 Å². The Morgan fingerprint density at radius 1 is 1.33 bits per heavy atom. The number of amides is 2. The van der Waals surface area contributed by atoms with Crippen molar-refractivity contribution in [2.45, 2.75) is 26.7 Å². The van der Waals surface area contributed by atoms with Crippen molar-refractivity contribution < 1.29 is 9.59 Å². The summed E-state index contributed by atoms with van der Waals surface area (Å²) in [4.78, 5) is 26.8. The van der Waals surface area contributed by atoms with Crippen LogP contribution in [0.15, 0.2) is 0 Å². The molecule has 86 valence electrons. The molecule has 1 aliphatic rings. The van der Waals surface area contributed by atoms with Gasteiger partial charge in [-0.15, -0.1) is 0 Å². The van der Waals surface area contributed by atoms with Crippen LogP contribution in [0.4, 0.5) is 0 Å². The Kier molecular flexibility index (Phi) is 4.12. The molecule has 0 radical (unpaired) electrons. The van der Waals surface area contributed by atoms with Crippen LogP contribution in [-0.2, 0) is 9.59 Å². The molecule has 1 saturated heterocycles. The minimum absolute atomic E-state index is 0.0422. The highest BCUT2D eigenvalue weighted by Gasteiger charge is 2.27. The van der Waals surface area contributed by atoms with Crippen molar-refractivity contribution in [1.29, 1.82) is 0 Å². The van der Waals surface area contributed by atoms with E-state index in [1.54, 1.807) is 16.8 Å². The number of likely N-dealkylation sites (N-methyl/N-ethyl adjacent to an activating group) is 1. The van der Waals surface area contributed by atoms with Crippen LogP contribution in [-0.4, -0.2) is 48.3 Å². The molecule has 1 fully saturated rings. The molecular weight excluding hydrogens is 192 g/mol. The number of nitrogens with zero attached hydrogens (tertiary/aromatic N) is 2. The zero-order valence-corrected chi connectivity index (χ0v) is 9.82. The van der Waals surface area contributed by atoms with Crippen molar-refractivity contribution in [1.82, 2.24) is 9.80 Å². The van der Waals surface area contributed by atoms with E-state index in [-0.39, 0.29) is 24.3 Å². The number of piperazine rings is 1. The zero-order valence-electron chi connectivity index (χ0n) is 9.82. The molecule has 1 aliphatic heterocycles. The summed E-state index contributed by atoms with van der Waals surface area (Å²) >= 11 is 0. The van der Waals surface area contributed by atoms with E-state index in [2.05, 4.69) is 0 Å². The van der Waals surface area contributed by atoms with Crippen LogP contribution < -0.4 is 0 Å². The molecule has 0 bridgehead atoms. The fourth-order valence-electron chi connectivity index (χ4n) is 1.84. The smallest absolute Gasteiger partial charge is 0.241 e. The maximum atomic E-state index is 12.0. The zero-order chi connectivity index (χ0) is 11.4. The molecule has 0 spiro atoms. The summed E-state index contributed by atoms with van der Waals surface area (Å²) in [6.07, 6.45) is 1.71. The third-order valence-corrected chi connectivity index (χ3v) is 3.10. The average molecular weight is 212 g/mol. The van der Waals surface area contributed by atoms with Crippen molar-refractivity contribution in [3.8, 4) is 0 Å². The topological polar surface area (TPSA) is 40.6 Å². The van der Waals surface area contributed by atoms with Crippen molar-refractivity contribution in [3.05, 3.63) is 0 Å². The third kappa shape index (κ3) is 2.70. The van der Waals surface area contributed by atoms with Crippen LogP contribution in [0.1, 0.15) is 26.7 Å². The molecule has 1 rings (SSSR count). The Morgan fingerprint density at radius 2 is 1.93 bits per heavy atom. The Labute approximate surface area is 91.2 Å². The van der Waals surface area contributed by atoms with E-state index in [1.165, 1.54) is 0 Å². The second-order valence-corrected chi connectivity index (χ2v) is 4.09. The van der Waals surface area contributed by atoms with Gasteiger partial charge >= 0.3 is 0 Å². The van der Waals surface area contributed by atoms with Crippen molar-refractivity contribution >= 4 is 11.8 Å². The molecule has 0 aromatic rings. The molecule has 1 heterocycles. The molecule has 15 heavy (non-hydrogen) atoms. The number of carbonyl (C=O) groups is 2. The Bertz CT molecular complexity index is 249. The van der Waals surface area contributed by atoms with E-state index in [0.29, 0.717) is 13.1 Å². The standard InChI is InChI=1S/C11H20N2O2/c1-4-9(5-2)11(15)13-7-6-12(3)10(14)8-13/h9H,4-8H2,1-3H3. The number of carbonyl (C=O) groups excluding carboxylic acids is 2. The van der Waals surface area contributed by atoms with Gasteiger partial charge in [-0.3, -0.25) is 9.59 Å². The monoisotopic (exact) mass is 212 g/mol. The summed E-state index contributed by atoms with van der Waals surface area (Å²) in [6, 6.07) is 0. The number of hydrogen-bond acceptors (Lipinski definition) is 2. The molecule has 0 aromatic heterocycles. The quantitative estimate of drug-likeness (QED) is 0.691. The lowest BCUT2D eigenvalue weighted by Crippen LogP contribution is -2.52. The number of hydrogen-bond donors (Lipinski definition) is 0. The minimum atomic E-state index is 0.0422. The molecule has 0 aromatic carbocycles. The summed E-state index contributed by atoms with van der Waals surface area (Å²) in [7, 11) is 1.78. The van der Waals surface area contributed by atoms with Gasteiger partial charge in [0.25, 0.3) is 0 Å². The van der Waals surface area contributed by atoms with Crippen LogP contribution in [0.3, 0.4) is 0 Å². The molecule has 0 atom stereocenters. The van der Waals surface area contributed by atoms with E-state index in [1.807, 2.05) is 13.8 Å². The van der Waals surface area contributed by atoms with Gasteiger partial charge in [0, 0.05) is 26.1 Å². The maximum Gasteiger partial charge on any atom is 0.241 e. The van der Waals surface area contributed by atoms with Crippen LogP contribution >= 0.6 is 0 Å². The van der Waals surface area contributed by atoms with E-state index in [0.717, 1.165) is 12.8 Å². The fraction of sp³-hybridized carbons (Fsp3) is 0.818. The predicted molar refractivity (Wildman–Crippen MR) is 58.3 cm³/mol. The third-order valence-electron chi connectivity index (χ3n) is 3.10. The average Bonchev–Trinajstić information content (AvgIpc) is 2.23. The minimum Gasteiger partial charge on any atom is -0.342 e. The van der Waals surface area contributed by atoms with Gasteiger partial charge in [0.15, 0.2) is 0 Å². The molecule has 0 unspecified atom stereocenters. The first-order valence-corrected chi connectivity index (χ1v) is 5.62. The summed E-state index contributed by atoms with van der Waals surface area (Å²) < 4.78 is 0. The first-order chi connectivity index (χ1) is 7.10. The molecule has 0 aliphatic carbocycles. The SMILES string of the molecule is CCC(CC)C(=O)N1CCN(C)C(=O)C1. The summed E-state index contributed by atoms with van der Waals surface area (Å²) in [5.41, 5.74) is 0. The summed E-state index contributed by atoms with van der Waals surface area (Å²) in [5, 5.41) is 0. The second kappa shape index (κ2) is 5.14. The Balaban J connectivity index is 2.57. The predicted octanol–water partition coefficient (Wildman–Crippen LogP) is 0.723. The highest BCUT2D eigenvalue weighted by molar-refractivity contribution is 5.86. The first-order valence-electron chi connectivity index (χ1n) is 5.62. The first kappa shape index (κ1) is 12.0.